The molecule has 144 valence electrons. The molecule has 1 unspecified atom stereocenters. The molecule has 0 radical (unpaired) electrons. The van der Waals surface area contributed by atoms with Crippen molar-refractivity contribution in [3.63, 3.8) is 0 Å². The normalized spacial score (nSPS) is 12.7. The second-order valence-corrected chi connectivity index (χ2v) is 6.36. The Kier molecular flexibility index (Phi) is 7.19. The van der Waals surface area contributed by atoms with Gasteiger partial charge in [-0.15, -0.1) is 0 Å². The molecule has 0 aliphatic carbocycles. The number of nitrogens with one attached hydrogen (secondary N) is 2. The van der Waals surface area contributed by atoms with Gasteiger partial charge in [0.05, 0.1) is 14.2 Å². The third-order valence-electron chi connectivity index (χ3n) is 4.33. The fourth-order valence-corrected chi connectivity index (χ4v) is 2.61. The van der Waals surface area contributed by atoms with E-state index in [1.54, 1.807) is 14.0 Å². The molecule has 0 saturated heterocycles. The molecular formula is C20H26N3O4+. The third kappa shape index (κ3) is 6.00. The summed E-state index contributed by atoms with van der Waals surface area (Å²) in [5.74, 6) is 0.877. The summed E-state index contributed by atoms with van der Waals surface area (Å²) in [6.45, 7) is 2.76. The number of carbonyl (C=O) groups is 2. The number of hydrogen-bond acceptors (Lipinski definition) is 4. The molecule has 7 nitrogen and oxygen atoms in total. The van der Waals surface area contributed by atoms with E-state index in [2.05, 4.69) is 5.32 Å². The Labute approximate surface area is 159 Å². The SMILES string of the molecule is COc1cc(C[NH+](C)[C@@H](C)C(=O)NC(N)=O)ccc1OCc1ccccc1. The van der Waals surface area contributed by atoms with Gasteiger partial charge in [0.25, 0.3) is 5.91 Å². The number of likely N-dealkylation sites (N-methyl/N-ethyl adjacent to an activating group) is 1. The van der Waals surface area contributed by atoms with E-state index in [1.165, 1.54) is 0 Å². The van der Waals surface area contributed by atoms with Crippen molar-refractivity contribution >= 4 is 11.9 Å². The van der Waals surface area contributed by atoms with Crippen LogP contribution in [0.3, 0.4) is 0 Å². The molecule has 27 heavy (non-hydrogen) atoms. The molecule has 2 aromatic rings. The van der Waals surface area contributed by atoms with Gasteiger partial charge in [-0.1, -0.05) is 30.3 Å². The van der Waals surface area contributed by atoms with E-state index in [4.69, 9.17) is 15.2 Å². The predicted octanol–water partition coefficient (Wildman–Crippen LogP) is 0.872. The zero-order chi connectivity index (χ0) is 19.8. The van der Waals surface area contributed by atoms with Gasteiger partial charge in [-0.3, -0.25) is 10.1 Å². The Morgan fingerprint density at radius 1 is 1.11 bits per heavy atom. The summed E-state index contributed by atoms with van der Waals surface area (Å²) in [6, 6.07) is 14.3. The molecule has 3 amide bonds. The molecule has 7 heteroatoms. The number of imide groups is 1. The number of amides is 3. The summed E-state index contributed by atoms with van der Waals surface area (Å²) in [7, 11) is 3.46. The van der Waals surface area contributed by atoms with E-state index < -0.39 is 18.0 Å². The van der Waals surface area contributed by atoms with Crippen LogP contribution in [0.15, 0.2) is 48.5 Å². The first kappa shape index (κ1) is 20.3. The van der Waals surface area contributed by atoms with Crippen LogP contribution in [0.1, 0.15) is 18.1 Å². The maximum atomic E-state index is 11.9. The van der Waals surface area contributed by atoms with Crippen molar-refractivity contribution in [3.05, 3.63) is 59.7 Å². The highest BCUT2D eigenvalue weighted by Crippen LogP contribution is 2.28. The average molecular weight is 372 g/mol. The smallest absolute Gasteiger partial charge is 0.319 e. The zero-order valence-corrected chi connectivity index (χ0v) is 15.8. The Morgan fingerprint density at radius 3 is 2.44 bits per heavy atom. The number of nitrogens with two attached hydrogens (primary N) is 1. The monoisotopic (exact) mass is 372 g/mol. The molecule has 0 heterocycles. The number of primary amides is 1. The van der Waals surface area contributed by atoms with E-state index in [1.807, 2.05) is 55.6 Å². The van der Waals surface area contributed by atoms with Crippen LogP contribution >= 0.6 is 0 Å². The van der Waals surface area contributed by atoms with Gasteiger partial charge < -0.3 is 20.1 Å². The molecular weight excluding hydrogens is 346 g/mol. The zero-order valence-electron chi connectivity index (χ0n) is 15.8. The van der Waals surface area contributed by atoms with E-state index in [0.717, 1.165) is 16.0 Å². The van der Waals surface area contributed by atoms with Crippen LogP contribution in [-0.2, 0) is 17.9 Å². The molecule has 0 saturated carbocycles. The molecule has 0 fully saturated rings. The maximum Gasteiger partial charge on any atom is 0.319 e. The Hall–Kier alpha value is -3.06. The largest absolute Gasteiger partial charge is 0.493 e. The summed E-state index contributed by atoms with van der Waals surface area (Å²) in [5, 5.41) is 2.11. The van der Waals surface area contributed by atoms with Crippen LogP contribution in [0.2, 0.25) is 0 Å². The lowest BCUT2D eigenvalue weighted by molar-refractivity contribution is -0.908. The summed E-state index contributed by atoms with van der Waals surface area (Å²) < 4.78 is 11.3. The van der Waals surface area contributed by atoms with Gasteiger partial charge in [0, 0.05) is 5.56 Å². The van der Waals surface area contributed by atoms with Crippen molar-refractivity contribution in [2.24, 2.45) is 5.73 Å². The highest BCUT2D eigenvalue weighted by Gasteiger charge is 2.23. The van der Waals surface area contributed by atoms with Crippen molar-refractivity contribution < 1.29 is 24.0 Å². The predicted molar refractivity (Wildman–Crippen MR) is 102 cm³/mol. The minimum Gasteiger partial charge on any atom is -0.493 e. The number of benzene rings is 2. The molecule has 0 aliphatic rings. The second-order valence-electron chi connectivity index (χ2n) is 6.36. The quantitative estimate of drug-likeness (QED) is 0.641. The topological polar surface area (TPSA) is 95.1 Å². The van der Waals surface area contributed by atoms with Gasteiger partial charge in [0.15, 0.2) is 17.5 Å². The number of rotatable bonds is 8. The number of hydrogen-bond donors (Lipinski definition) is 3. The summed E-state index contributed by atoms with van der Waals surface area (Å²) in [6.07, 6.45) is 0. The van der Waals surface area contributed by atoms with Crippen LogP contribution in [0.4, 0.5) is 4.79 Å². The van der Waals surface area contributed by atoms with Crippen LogP contribution in [0.25, 0.3) is 0 Å². The summed E-state index contributed by atoms with van der Waals surface area (Å²) in [4.78, 5) is 23.6. The van der Waals surface area contributed by atoms with Crippen molar-refractivity contribution in [2.75, 3.05) is 14.2 Å². The molecule has 0 aromatic heterocycles. The third-order valence-corrected chi connectivity index (χ3v) is 4.33. The molecule has 0 aliphatic heterocycles. The molecule has 2 rings (SSSR count). The van der Waals surface area contributed by atoms with E-state index in [0.29, 0.717) is 24.7 Å². The lowest BCUT2D eigenvalue weighted by atomic mass is 10.1. The molecule has 0 spiro atoms. The number of ether oxygens (including phenoxy) is 2. The number of quaternary nitrogens is 1. The molecule has 2 atom stereocenters. The van der Waals surface area contributed by atoms with Crippen LogP contribution < -0.4 is 25.4 Å². The van der Waals surface area contributed by atoms with E-state index >= 15 is 0 Å². The van der Waals surface area contributed by atoms with Gasteiger partial charge in [-0.05, 0) is 30.7 Å². The Morgan fingerprint density at radius 2 is 1.81 bits per heavy atom. The van der Waals surface area contributed by atoms with E-state index in [-0.39, 0.29) is 0 Å². The fourth-order valence-electron chi connectivity index (χ4n) is 2.61. The minimum atomic E-state index is -0.846. The Bertz CT molecular complexity index is 780. The van der Waals surface area contributed by atoms with Gasteiger partial charge in [0.1, 0.15) is 13.2 Å². The average Bonchev–Trinajstić information content (AvgIpc) is 2.66. The second kappa shape index (κ2) is 9.59. The number of urea groups is 1. The van der Waals surface area contributed by atoms with Gasteiger partial charge >= 0.3 is 6.03 Å². The standard InChI is InChI=1S/C20H25N3O4/c1-14(19(24)22-20(21)25)23(2)12-16-9-10-17(18(11-16)26-3)27-13-15-7-5-4-6-8-15/h4-11,14H,12-13H2,1-3H3,(H3,21,22,24,25)/p+1/t14-/m0/s1. The first-order valence-corrected chi connectivity index (χ1v) is 8.67. The highest BCUT2D eigenvalue weighted by atomic mass is 16.5. The van der Waals surface area contributed by atoms with Crippen molar-refractivity contribution in [1.29, 1.82) is 0 Å². The number of carbonyl (C=O) groups excluding carboxylic acids is 2. The first-order valence-electron chi connectivity index (χ1n) is 8.67. The lowest BCUT2D eigenvalue weighted by Gasteiger charge is -2.21. The van der Waals surface area contributed by atoms with Crippen LogP contribution in [0.5, 0.6) is 11.5 Å². The van der Waals surface area contributed by atoms with Gasteiger partial charge in [-0.25, -0.2) is 4.79 Å². The van der Waals surface area contributed by atoms with Crippen LogP contribution in [-0.4, -0.2) is 32.1 Å². The maximum absolute atomic E-state index is 11.9. The fraction of sp³-hybridized carbons (Fsp3) is 0.300. The van der Waals surface area contributed by atoms with Gasteiger partial charge in [0.2, 0.25) is 0 Å². The van der Waals surface area contributed by atoms with Crippen molar-refractivity contribution in [1.82, 2.24) is 5.32 Å². The number of methoxy groups -OCH3 is 1. The minimum absolute atomic E-state index is 0.408. The van der Waals surface area contributed by atoms with E-state index in [9.17, 15) is 9.59 Å². The summed E-state index contributed by atoms with van der Waals surface area (Å²) in [5.41, 5.74) is 7.05. The molecule has 2 aromatic carbocycles. The molecule has 4 N–H and O–H groups in total. The Balaban J connectivity index is 2.02. The van der Waals surface area contributed by atoms with Crippen molar-refractivity contribution in [3.8, 4) is 11.5 Å². The highest BCUT2D eigenvalue weighted by molar-refractivity contribution is 5.95. The first-order chi connectivity index (χ1) is 12.9. The van der Waals surface area contributed by atoms with Crippen molar-refractivity contribution in [2.45, 2.75) is 26.1 Å². The molecule has 0 bridgehead atoms. The van der Waals surface area contributed by atoms with Gasteiger partial charge in [-0.2, -0.15) is 0 Å². The van der Waals surface area contributed by atoms with Crippen LogP contribution in [0, 0.1) is 0 Å². The lowest BCUT2D eigenvalue weighted by Crippen LogP contribution is -3.12. The summed E-state index contributed by atoms with van der Waals surface area (Å²) >= 11 is 0.